The standard InChI is InChI=1S/C15H29N3O2/c1-15(2,3)8-11(9-16)14(20)18-12-6-4-10(5-7-12)13(17)19/h10-12H,4-9,16H2,1-3H3,(H2,17,19)(H,18,20). The molecule has 1 aliphatic rings. The fourth-order valence-corrected chi connectivity index (χ4v) is 2.86. The van der Waals surface area contributed by atoms with Gasteiger partial charge in [0.05, 0.1) is 5.92 Å². The number of amides is 2. The molecule has 0 spiro atoms. The fraction of sp³-hybridized carbons (Fsp3) is 0.867. The molecule has 2 amide bonds. The summed E-state index contributed by atoms with van der Waals surface area (Å²) in [4.78, 5) is 23.4. The molecule has 1 aliphatic carbocycles. The summed E-state index contributed by atoms with van der Waals surface area (Å²) < 4.78 is 0. The molecule has 5 heteroatoms. The van der Waals surface area contributed by atoms with Gasteiger partial charge < -0.3 is 16.8 Å². The molecule has 0 heterocycles. The van der Waals surface area contributed by atoms with Crippen molar-refractivity contribution in [1.82, 2.24) is 5.32 Å². The van der Waals surface area contributed by atoms with E-state index in [4.69, 9.17) is 11.5 Å². The summed E-state index contributed by atoms with van der Waals surface area (Å²) in [5, 5.41) is 3.08. The smallest absolute Gasteiger partial charge is 0.224 e. The molecule has 1 unspecified atom stereocenters. The first kappa shape index (κ1) is 17.0. The first-order valence-electron chi connectivity index (χ1n) is 7.52. The molecule has 0 aromatic carbocycles. The third-order valence-corrected chi connectivity index (χ3v) is 3.99. The molecule has 0 saturated heterocycles. The molecule has 0 radical (unpaired) electrons. The highest BCUT2D eigenvalue weighted by Gasteiger charge is 2.29. The lowest BCUT2D eigenvalue weighted by atomic mass is 9.83. The maximum absolute atomic E-state index is 12.3. The van der Waals surface area contributed by atoms with Gasteiger partial charge in [-0.1, -0.05) is 20.8 Å². The molecular weight excluding hydrogens is 254 g/mol. The maximum atomic E-state index is 12.3. The molecule has 5 nitrogen and oxygen atoms in total. The van der Waals surface area contributed by atoms with Crippen LogP contribution in [0.15, 0.2) is 0 Å². The number of carbonyl (C=O) groups is 2. The largest absolute Gasteiger partial charge is 0.369 e. The Bertz CT molecular complexity index is 342. The number of rotatable bonds is 5. The summed E-state index contributed by atoms with van der Waals surface area (Å²) >= 11 is 0. The van der Waals surface area contributed by atoms with E-state index in [1.165, 1.54) is 0 Å². The van der Waals surface area contributed by atoms with Gasteiger partial charge in [-0.2, -0.15) is 0 Å². The van der Waals surface area contributed by atoms with Crippen LogP contribution < -0.4 is 16.8 Å². The van der Waals surface area contributed by atoms with Crippen molar-refractivity contribution in [3.8, 4) is 0 Å². The Kier molecular flexibility index (Phi) is 5.99. The Morgan fingerprint density at radius 1 is 1.20 bits per heavy atom. The normalized spacial score (nSPS) is 25.0. The third kappa shape index (κ3) is 5.49. The van der Waals surface area contributed by atoms with Crippen LogP contribution in [0.25, 0.3) is 0 Å². The Morgan fingerprint density at radius 2 is 1.75 bits per heavy atom. The van der Waals surface area contributed by atoms with E-state index in [0.29, 0.717) is 6.54 Å². The maximum Gasteiger partial charge on any atom is 0.224 e. The minimum Gasteiger partial charge on any atom is -0.369 e. The van der Waals surface area contributed by atoms with Gasteiger partial charge in [0.25, 0.3) is 0 Å². The number of carbonyl (C=O) groups excluding carboxylic acids is 2. The monoisotopic (exact) mass is 283 g/mol. The summed E-state index contributed by atoms with van der Waals surface area (Å²) in [6.45, 7) is 6.71. The fourth-order valence-electron chi connectivity index (χ4n) is 2.86. The van der Waals surface area contributed by atoms with E-state index in [-0.39, 0.29) is 35.1 Å². The number of nitrogens with one attached hydrogen (secondary N) is 1. The van der Waals surface area contributed by atoms with Gasteiger partial charge in [0.15, 0.2) is 0 Å². The average molecular weight is 283 g/mol. The number of nitrogens with two attached hydrogens (primary N) is 2. The minimum absolute atomic E-state index is 0.0250. The Balaban J connectivity index is 2.44. The summed E-state index contributed by atoms with van der Waals surface area (Å²) in [5.41, 5.74) is 11.1. The van der Waals surface area contributed by atoms with Crippen LogP contribution in [0.2, 0.25) is 0 Å². The molecule has 0 aromatic rings. The predicted octanol–water partition coefficient (Wildman–Crippen LogP) is 1.16. The number of hydrogen-bond donors (Lipinski definition) is 3. The highest BCUT2D eigenvalue weighted by molar-refractivity contribution is 5.79. The molecule has 116 valence electrons. The van der Waals surface area contributed by atoms with Crippen LogP contribution in [0.5, 0.6) is 0 Å². The van der Waals surface area contributed by atoms with Crippen molar-refractivity contribution < 1.29 is 9.59 Å². The second-order valence-electron chi connectivity index (χ2n) is 7.16. The van der Waals surface area contributed by atoms with Crippen molar-refractivity contribution in [2.75, 3.05) is 6.54 Å². The van der Waals surface area contributed by atoms with Crippen LogP contribution in [0.1, 0.15) is 52.9 Å². The lowest BCUT2D eigenvalue weighted by Gasteiger charge is -2.30. The minimum atomic E-state index is -0.220. The average Bonchev–Trinajstić information content (AvgIpc) is 2.35. The zero-order chi connectivity index (χ0) is 15.3. The van der Waals surface area contributed by atoms with E-state index < -0.39 is 0 Å². The first-order chi connectivity index (χ1) is 9.23. The number of hydrogen-bond acceptors (Lipinski definition) is 3. The molecule has 20 heavy (non-hydrogen) atoms. The second-order valence-corrected chi connectivity index (χ2v) is 7.16. The van der Waals surface area contributed by atoms with Crippen LogP contribution in [0, 0.1) is 17.3 Å². The molecule has 0 aromatic heterocycles. The van der Waals surface area contributed by atoms with Gasteiger partial charge in [0.1, 0.15) is 0 Å². The zero-order valence-electron chi connectivity index (χ0n) is 12.9. The van der Waals surface area contributed by atoms with E-state index in [1.807, 2.05) is 0 Å². The van der Waals surface area contributed by atoms with Crippen molar-refractivity contribution in [3.63, 3.8) is 0 Å². The first-order valence-corrected chi connectivity index (χ1v) is 7.52. The molecule has 1 rings (SSSR count). The molecule has 5 N–H and O–H groups in total. The molecule has 1 atom stereocenters. The third-order valence-electron chi connectivity index (χ3n) is 3.99. The van der Waals surface area contributed by atoms with E-state index in [0.717, 1.165) is 32.1 Å². The van der Waals surface area contributed by atoms with E-state index in [2.05, 4.69) is 26.1 Å². The molecule has 0 aliphatic heterocycles. The second kappa shape index (κ2) is 7.07. The van der Waals surface area contributed by atoms with Gasteiger partial charge in [0.2, 0.25) is 11.8 Å². The van der Waals surface area contributed by atoms with Gasteiger partial charge in [-0.05, 0) is 37.5 Å². The van der Waals surface area contributed by atoms with Crippen LogP contribution in [-0.4, -0.2) is 24.4 Å². The van der Waals surface area contributed by atoms with E-state index in [9.17, 15) is 9.59 Å². The Labute approximate surface area is 121 Å². The Morgan fingerprint density at radius 3 is 2.15 bits per heavy atom. The van der Waals surface area contributed by atoms with E-state index in [1.54, 1.807) is 0 Å². The van der Waals surface area contributed by atoms with Crippen LogP contribution in [0.4, 0.5) is 0 Å². The van der Waals surface area contributed by atoms with Crippen LogP contribution >= 0.6 is 0 Å². The Hall–Kier alpha value is -1.10. The van der Waals surface area contributed by atoms with E-state index >= 15 is 0 Å². The van der Waals surface area contributed by atoms with Gasteiger partial charge in [-0.25, -0.2) is 0 Å². The van der Waals surface area contributed by atoms with Gasteiger partial charge >= 0.3 is 0 Å². The van der Waals surface area contributed by atoms with Crippen molar-refractivity contribution >= 4 is 11.8 Å². The lowest BCUT2D eigenvalue weighted by molar-refractivity contribution is -0.126. The highest BCUT2D eigenvalue weighted by Crippen LogP contribution is 2.26. The summed E-state index contributed by atoms with van der Waals surface area (Å²) in [7, 11) is 0. The quantitative estimate of drug-likeness (QED) is 0.706. The zero-order valence-corrected chi connectivity index (χ0v) is 12.9. The molecule has 0 bridgehead atoms. The van der Waals surface area contributed by atoms with Gasteiger partial charge in [0, 0.05) is 18.5 Å². The van der Waals surface area contributed by atoms with Crippen LogP contribution in [0.3, 0.4) is 0 Å². The lowest BCUT2D eigenvalue weighted by Crippen LogP contribution is -2.44. The SMILES string of the molecule is CC(C)(C)CC(CN)C(=O)NC1CCC(C(N)=O)CC1. The topological polar surface area (TPSA) is 98.2 Å². The summed E-state index contributed by atoms with van der Waals surface area (Å²) in [6, 6.07) is 0.159. The van der Waals surface area contributed by atoms with Crippen molar-refractivity contribution in [2.24, 2.45) is 28.7 Å². The summed E-state index contributed by atoms with van der Waals surface area (Å²) in [5.74, 6) is -0.334. The van der Waals surface area contributed by atoms with Gasteiger partial charge in [-0.15, -0.1) is 0 Å². The molecule has 1 saturated carbocycles. The van der Waals surface area contributed by atoms with Gasteiger partial charge in [-0.3, -0.25) is 9.59 Å². The summed E-state index contributed by atoms with van der Waals surface area (Å²) in [6.07, 6.45) is 3.98. The molecular formula is C15H29N3O2. The molecule has 1 fully saturated rings. The predicted molar refractivity (Wildman–Crippen MR) is 79.7 cm³/mol. The van der Waals surface area contributed by atoms with Crippen molar-refractivity contribution in [2.45, 2.75) is 58.9 Å². The van der Waals surface area contributed by atoms with Crippen LogP contribution in [-0.2, 0) is 9.59 Å². The highest BCUT2D eigenvalue weighted by atomic mass is 16.2. The number of primary amides is 1. The van der Waals surface area contributed by atoms with Crippen molar-refractivity contribution in [3.05, 3.63) is 0 Å². The van der Waals surface area contributed by atoms with Crippen molar-refractivity contribution in [1.29, 1.82) is 0 Å².